The van der Waals surface area contributed by atoms with Crippen molar-refractivity contribution in [3.63, 3.8) is 0 Å². The molecule has 0 spiro atoms. The highest BCUT2D eigenvalue weighted by molar-refractivity contribution is 7.89. The van der Waals surface area contributed by atoms with Crippen LogP contribution in [0.1, 0.15) is 63.1 Å². The van der Waals surface area contributed by atoms with E-state index in [0.717, 1.165) is 12.8 Å². The van der Waals surface area contributed by atoms with Gasteiger partial charge >= 0.3 is 12.1 Å². The number of piperazine rings is 1. The number of hydrogen-bond donors (Lipinski definition) is 2. The van der Waals surface area contributed by atoms with Crippen LogP contribution in [0, 0.1) is 0 Å². The van der Waals surface area contributed by atoms with E-state index in [1.165, 1.54) is 23.8 Å². The molecule has 1 aliphatic heterocycles. The van der Waals surface area contributed by atoms with Crippen LogP contribution in [0.5, 0.6) is 0 Å². The van der Waals surface area contributed by atoms with Crippen LogP contribution in [0.4, 0.5) is 18.9 Å². The third-order valence-corrected chi connectivity index (χ3v) is 10.2. The number of ether oxygens (including phenoxy) is 1. The Morgan fingerprint density at radius 2 is 1.93 bits per heavy atom. The number of alkyl halides is 3. The number of rotatable bonds is 7. The number of pyridine rings is 1. The number of anilines is 1. The van der Waals surface area contributed by atoms with Gasteiger partial charge in [-0.15, -0.1) is 10.2 Å². The quantitative estimate of drug-likeness (QED) is 0.386. The molecule has 4 heterocycles. The lowest BCUT2D eigenvalue weighted by atomic mass is 9.98. The second-order valence-electron chi connectivity index (χ2n) is 11.9. The highest BCUT2D eigenvalue weighted by atomic mass is 32.2. The third-order valence-electron chi connectivity index (χ3n) is 7.61. The van der Waals surface area contributed by atoms with Gasteiger partial charge in [0.15, 0.2) is 10.7 Å². The number of halogens is 3. The van der Waals surface area contributed by atoms with Crippen LogP contribution in [0.3, 0.4) is 0 Å². The van der Waals surface area contributed by atoms with Crippen molar-refractivity contribution in [2.75, 3.05) is 25.1 Å². The average molecular weight is 614 g/mol. The fourth-order valence-electron chi connectivity index (χ4n) is 5.24. The number of nitrogens with one attached hydrogen (secondary N) is 2. The summed E-state index contributed by atoms with van der Waals surface area (Å²) in [4.78, 5) is 19.2. The van der Waals surface area contributed by atoms with E-state index in [1.54, 1.807) is 0 Å². The van der Waals surface area contributed by atoms with E-state index in [-0.39, 0.29) is 22.4 Å². The number of carbonyl (C=O) groups excluding carboxylic acids is 1. The minimum Gasteiger partial charge on any atom is -0.468 e. The zero-order valence-corrected chi connectivity index (χ0v) is 24.5. The fourth-order valence-corrected chi connectivity index (χ4v) is 7.49. The molecule has 3 aromatic heterocycles. The third kappa shape index (κ3) is 5.42. The number of carbonyl (C=O) groups is 1. The van der Waals surface area contributed by atoms with Gasteiger partial charge in [-0.2, -0.15) is 13.2 Å². The number of aromatic nitrogens is 4. The SMILES string of the molecule is COC(=O)[C@@H]1CN(c2cc(S(=O)(=O)NC3(C)CC3)cn3c(-c4nnc(C(F)(F)F)s4)c(C4CC4)nc23)CC(C)(C)N1. The maximum atomic E-state index is 13.6. The van der Waals surface area contributed by atoms with Gasteiger partial charge in [0.1, 0.15) is 16.6 Å². The molecule has 2 aliphatic carbocycles. The molecule has 3 aliphatic rings. The van der Waals surface area contributed by atoms with E-state index in [1.807, 2.05) is 25.7 Å². The summed E-state index contributed by atoms with van der Waals surface area (Å²) in [6.45, 7) is 6.20. The maximum Gasteiger partial charge on any atom is 0.445 e. The molecule has 2 saturated carbocycles. The molecule has 11 nitrogen and oxygen atoms in total. The Hall–Kier alpha value is -2.82. The first-order valence-corrected chi connectivity index (χ1v) is 15.5. The van der Waals surface area contributed by atoms with Gasteiger partial charge in [-0.1, -0.05) is 11.3 Å². The standard InChI is InChI=1S/C25H30F3N7O4S2/c1-23(2)12-34(11-15(30-23)21(36)39-4)16-9-14(41(37,38)33-24(3)7-8-24)10-35-18(17(13-5-6-13)29-19(16)35)20-31-32-22(40-20)25(26,27)28/h9-10,13,15,30,33H,5-8,11-12H2,1-4H3/t15-/m0/s1. The smallest absolute Gasteiger partial charge is 0.445 e. The van der Waals surface area contributed by atoms with Gasteiger partial charge in [0.05, 0.1) is 18.5 Å². The van der Waals surface area contributed by atoms with Crippen LogP contribution in [-0.2, 0) is 25.7 Å². The number of hydrogen-bond acceptors (Lipinski definition) is 10. The highest BCUT2D eigenvalue weighted by Crippen LogP contribution is 2.47. The molecule has 16 heteroatoms. The molecule has 1 saturated heterocycles. The van der Waals surface area contributed by atoms with Crippen LogP contribution in [0.25, 0.3) is 16.3 Å². The van der Waals surface area contributed by atoms with Crippen molar-refractivity contribution in [2.24, 2.45) is 0 Å². The second kappa shape index (κ2) is 9.34. The van der Waals surface area contributed by atoms with E-state index in [0.29, 0.717) is 53.4 Å². The molecule has 3 fully saturated rings. The Balaban J connectivity index is 1.57. The summed E-state index contributed by atoms with van der Waals surface area (Å²) in [6, 6.07) is 0.816. The molecule has 6 rings (SSSR count). The monoisotopic (exact) mass is 613 g/mol. The summed E-state index contributed by atoms with van der Waals surface area (Å²) in [5.41, 5.74) is 0.517. The zero-order valence-electron chi connectivity index (χ0n) is 22.9. The molecule has 0 unspecified atom stereocenters. The molecule has 1 atom stereocenters. The van der Waals surface area contributed by atoms with Crippen molar-refractivity contribution in [2.45, 2.75) is 80.6 Å². The van der Waals surface area contributed by atoms with Gasteiger partial charge < -0.3 is 9.64 Å². The highest BCUT2D eigenvalue weighted by Gasteiger charge is 2.43. The lowest BCUT2D eigenvalue weighted by Crippen LogP contribution is -2.64. The van der Waals surface area contributed by atoms with Crippen molar-refractivity contribution in [3.05, 3.63) is 23.0 Å². The molecule has 222 valence electrons. The van der Waals surface area contributed by atoms with Gasteiger partial charge in [0, 0.05) is 36.3 Å². The summed E-state index contributed by atoms with van der Waals surface area (Å²) in [7, 11) is -2.73. The fraction of sp³-hybridized carbons (Fsp3) is 0.600. The Labute approximate surface area is 238 Å². The first kappa shape index (κ1) is 28.3. The van der Waals surface area contributed by atoms with Crippen LogP contribution in [-0.4, -0.2) is 71.3 Å². The normalized spacial score (nSPS) is 22.2. The Morgan fingerprint density at radius 1 is 1.22 bits per heavy atom. The molecule has 41 heavy (non-hydrogen) atoms. The van der Waals surface area contributed by atoms with Gasteiger partial charge in [-0.25, -0.2) is 18.1 Å². The molecule has 2 N–H and O–H groups in total. The summed E-state index contributed by atoms with van der Waals surface area (Å²) in [5.74, 6) is -0.469. The first-order chi connectivity index (χ1) is 19.1. The molecule has 0 radical (unpaired) electrons. The Bertz CT molecular complexity index is 1640. The topological polar surface area (TPSA) is 131 Å². The van der Waals surface area contributed by atoms with E-state index >= 15 is 0 Å². The van der Waals surface area contributed by atoms with Gasteiger partial charge in [0.2, 0.25) is 15.0 Å². The largest absolute Gasteiger partial charge is 0.468 e. The van der Waals surface area contributed by atoms with Gasteiger partial charge in [-0.3, -0.25) is 14.5 Å². The van der Waals surface area contributed by atoms with Crippen LogP contribution in [0.2, 0.25) is 0 Å². The summed E-state index contributed by atoms with van der Waals surface area (Å²) < 4.78 is 76.9. The molecule has 3 aromatic rings. The van der Waals surface area contributed by atoms with Gasteiger partial charge in [-0.05, 0) is 52.5 Å². The molecule has 0 amide bonds. The number of sulfonamides is 1. The number of imidazole rings is 1. The summed E-state index contributed by atoms with van der Waals surface area (Å²) >= 11 is 0.396. The first-order valence-electron chi connectivity index (χ1n) is 13.2. The van der Waals surface area contributed by atoms with Crippen molar-refractivity contribution in [3.8, 4) is 10.7 Å². The predicted molar refractivity (Wildman–Crippen MR) is 144 cm³/mol. The summed E-state index contributed by atoms with van der Waals surface area (Å²) in [5, 5.41) is 9.40. The predicted octanol–water partition coefficient (Wildman–Crippen LogP) is 3.31. The number of methoxy groups -OCH3 is 1. The summed E-state index contributed by atoms with van der Waals surface area (Å²) in [6.07, 6.45) is -0.293. The van der Waals surface area contributed by atoms with Crippen molar-refractivity contribution in [1.82, 2.24) is 29.6 Å². The van der Waals surface area contributed by atoms with Crippen molar-refractivity contribution >= 4 is 38.7 Å². The zero-order chi connectivity index (χ0) is 29.5. The number of nitrogens with zero attached hydrogens (tertiary/aromatic N) is 5. The number of fused-ring (bicyclic) bond motifs is 1. The molecular weight excluding hydrogens is 583 g/mol. The van der Waals surface area contributed by atoms with Crippen molar-refractivity contribution < 1.29 is 31.1 Å². The Kier molecular flexibility index (Phi) is 6.45. The minimum atomic E-state index is -4.67. The Morgan fingerprint density at radius 3 is 2.51 bits per heavy atom. The second-order valence-corrected chi connectivity index (χ2v) is 14.6. The van der Waals surface area contributed by atoms with E-state index in [4.69, 9.17) is 9.72 Å². The lowest BCUT2D eigenvalue weighted by molar-refractivity contribution is -0.143. The molecule has 0 bridgehead atoms. The number of esters is 1. The van der Waals surface area contributed by atoms with E-state index in [9.17, 15) is 26.4 Å². The lowest BCUT2D eigenvalue weighted by Gasteiger charge is -2.43. The van der Waals surface area contributed by atoms with Crippen molar-refractivity contribution in [1.29, 1.82) is 0 Å². The van der Waals surface area contributed by atoms with Gasteiger partial charge in [0.25, 0.3) is 0 Å². The van der Waals surface area contributed by atoms with Crippen LogP contribution < -0.4 is 14.9 Å². The van der Waals surface area contributed by atoms with E-state index < -0.39 is 44.3 Å². The van der Waals surface area contributed by atoms with E-state index in [2.05, 4.69) is 20.2 Å². The molecule has 0 aromatic carbocycles. The average Bonchev–Trinajstić information content (AvgIpc) is 3.75. The van der Waals surface area contributed by atoms with Crippen LogP contribution >= 0.6 is 11.3 Å². The molecular formula is C25H30F3N7O4S2. The minimum absolute atomic E-state index is 0.00169. The maximum absolute atomic E-state index is 13.6. The van der Waals surface area contributed by atoms with Crippen LogP contribution in [0.15, 0.2) is 17.2 Å².